The molecule has 0 radical (unpaired) electrons. The fraction of sp³-hybridized carbons (Fsp3) is 0.462. The van der Waals surface area contributed by atoms with Gasteiger partial charge in [-0.25, -0.2) is 4.98 Å². The molecule has 1 N–H and O–H groups in total. The number of nitrogens with zero attached hydrogens (tertiary/aromatic N) is 2. The van der Waals surface area contributed by atoms with Crippen LogP contribution in [0.15, 0.2) is 22.8 Å². The van der Waals surface area contributed by atoms with Gasteiger partial charge in [0.1, 0.15) is 5.69 Å². The molecular formula is C13H16BrN3O2. The molecular weight excluding hydrogens is 310 g/mol. The van der Waals surface area contributed by atoms with Crippen molar-refractivity contribution in [3.05, 3.63) is 28.5 Å². The lowest BCUT2D eigenvalue weighted by atomic mass is 10.3. The number of aromatic nitrogens is 1. The number of likely N-dealkylation sites (tertiary alicyclic amines) is 1. The number of halogens is 1. The van der Waals surface area contributed by atoms with Crippen LogP contribution in [0.25, 0.3) is 0 Å². The summed E-state index contributed by atoms with van der Waals surface area (Å²) in [7, 11) is 0. The molecule has 0 aliphatic carbocycles. The summed E-state index contributed by atoms with van der Waals surface area (Å²) in [6.45, 7) is 2.10. The number of pyridine rings is 1. The zero-order valence-electron chi connectivity index (χ0n) is 10.6. The van der Waals surface area contributed by atoms with Gasteiger partial charge < -0.3 is 10.2 Å². The van der Waals surface area contributed by atoms with Crippen molar-refractivity contribution >= 4 is 27.7 Å². The van der Waals surface area contributed by atoms with Crippen LogP contribution in [0.4, 0.5) is 0 Å². The van der Waals surface area contributed by atoms with E-state index in [0.29, 0.717) is 29.7 Å². The molecule has 0 unspecified atom stereocenters. The Labute approximate surface area is 120 Å². The Bertz CT molecular complexity index is 479. The number of carbonyl (C=O) groups excluding carboxylic acids is 2. The Hall–Kier alpha value is -1.43. The highest BCUT2D eigenvalue weighted by Crippen LogP contribution is 2.13. The molecule has 0 aromatic carbocycles. The second kappa shape index (κ2) is 6.65. The van der Waals surface area contributed by atoms with E-state index >= 15 is 0 Å². The average Bonchev–Trinajstić information content (AvgIpc) is 2.80. The lowest BCUT2D eigenvalue weighted by Gasteiger charge is -2.15. The highest BCUT2D eigenvalue weighted by molar-refractivity contribution is 9.10. The second-order valence-electron chi connectivity index (χ2n) is 4.43. The van der Waals surface area contributed by atoms with Crippen LogP contribution in [0.3, 0.4) is 0 Å². The Morgan fingerprint density at radius 2 is 2.37 bits per heavy atom. The molecule has 1 aliphatic rings. The molecule has 6 heteroatoms. The monoisotopic (exact) mass is 325 g/mol. The fourth-order valence-electron chi connectivity index (χ4n) is 2.05. The van der Waals surface area contributed by atoms with Crippen molar-refractivity contribution < 1.29 is 9.59 Å². The first-order valence-electron chi connectivity index (χ1n) is 6.35. The smallest absolute Gasteiger partial charge is 0.271 e. The first kappa shape index (κ1) is 14.0. The molecule has 1 aliphatic heterocycles. The molecule has 5 nitrogen and oxygen atoms in total. The standard InChI is InChI=1S/C13H16BrN3O2/c14-10-4-1-6-15-12(10)13(19)16-7-3-9-17-8-2-5-11(17)18/h1,4,6H,2-3,5,7-9H2,(H,16,19). The van der Waals surface area contributed by atoms with E-state index in [9.17, 15) is 9.59 Å². The summed E-state index contributed by atoms with van der Waals surface area (Å²) in [5, 5.41) is 2.81. The number of nitrogens with one attached hydrogen (secondary N) is 1. The first-order valence-corrected chi connectivity index (χ1v) is 7.14. The number of rotatable bonds is 5. The van der Waals surface area contributed by atoms with Gasteiger partial charge in [-0.05, 0) is 40.9 Å². The van der Waals surface area contributed by atoms with Gasteiger partial charge in [-0.15, -0.1) is 0 Å². The van der Waals surface area contributed by atoms with Crippen LogP contribution in [0.5, 0.6) is 0 Å². The lowest BCUT2D eigenvalue weighted by molar-refractivity contribution is -0.127. The highest BCUT2D eigenvalue weighted by Gasteiger charge is 2.19. The topological polar surface area (TPSA) is 62.3 Å². The Morgan fingerprint density at radius 3 is 3.05 bits per heavy atom. The van der Waals surface area contributed by atoms with Crippen LogP contribution in [0.1, 0.15) is 29.8 Å². The number of carbonyl (C=O) groups is 2. The van der Waals surface area contributed by atoms with E-state index in [1.807, 2.05) is 4.90 Å². The molecule has 2 rings (SSSR count). The zero-order chi connectivity index (χ0) is 13.7. The van der Waals surface area contributed by atoms with Crippen LogP contribution in [-0.4, -0.2) is 41.3 Å². The average molecular weight is 326 g/mol. The third kappa shape index (κ3) is 3.76. The predicted molar refractivity (Wildman–Crippen MR) is 74.7 cm³/mol. The van der Waals surface area contributed by atoms with E-state index in [4.69, 9.17) is 0 Å². The summed E-state index contributed by atoms with van der Waals surface area (Å²) >= 11 is 3.29. The molecule has 1 fully saturated rings. The highest BCUT2D eigenvalue weighted by atomic mass is 79.9. The molecule has 0 atom stereocenters. The predicted octanol–water partition coefficient (Wildman–Crippen LogP) is 1.59. The normalized spacial score (nSPS) is 14.8. The van der Waals surface area contributed by atoms with Crippen LogP contribution >= 0.6 is 15.9 Å². The molecule has 1 aromatic heterocycles. The van der Waals surface area contributed by atoms with Gasteiger partial charge >= 0.3 is 0 Å². The van der Waals surface area contributed by atoms with E-state index < -0.39 is 0 Å². The van der Waals surface area contributed by atoms with Crippen molar-refractivity contribution in [2.75, 3.05) is 19.6 Å². The summed E-state index contributed by atoms with van der Waals surface area (Å²) in [6, 6.07) is 3.55. The molecule has 1 saturated heterocycles. The minimum Gasteiger partial charge on any atom is -0.351 e. The number of hydrogen-bond acceptors (Lipinski definition) is 3. The van der Waals surface area contributed by atoms with E-state index in [2.05, 4.69) is 26.2 Å². The Morgan fingerprint density at radius 1 is 1.53 bits per heavy atom. The van der Waals surface area contributed by atoms with Crippen molar-refractivity contribution in [1.82, 2.24) is 15.2 Å². The van der Waals surface area contributed by atoms with E-state index in [1.54, 1.807) is 18.3 Å². The largest absolute Gasteiger partial charge is 0.351 e. The van der Waals surface area contributed by atoms with Gasteiger partial charge in [0.25, 0.3) is 5.91 Å². The van der Waals surface area contributed by atoms with Gasteiger partial charge in [0.15, 0.2) is 0 Å². The van der Waals surface area contributed by atoms with Gasteiger partial charge in [0, 0.05) is 36.7 Å². The molecule has 2 amide bonds. The van der Waals surface area contributed by atoms with Crippen molar-refractivity contribution in [3.8, 4) is 0 Å². The molecule has 2 heterocycles. The SMILES string of the molecule is O=C(NCCCN1CCCC1=O)c1ncccc1Br. The molecule has 19 heavy (non-hydrogen) atoms. The van der Waals surface area contributed by atoms with Gasteiger partial charge in [0.2, 0.25) is 5.91 Å². The second-order valence-corrected chi connectivity index (χ2v) is 5.28. The van der Waals surface area contributed by atoms with Gasteiger partial charge in [-0.2, -0.15) is 0 Å². The quantitative estimate of drug-likeness (QED) is 0.836. The maximum Gasteiger partial charge on any atom is 0.271 e. The first-order chi connectivity index (χ1) is 9.18. The summed E-state index contributed by atoms with van der Waals surface area (Å²) in [6.07, 6.45) is 3.96. The maximum absolute atomic E-state index is 11.8. The Kier molecular flexibility index (Phi) is 4.90. The summed E-state index contributed by atoms with van der Waals surface area (Å²) in [5.74, 6) is 0.0269. The van der Waals surface area contributed by atoms with Crippen molar-refractivity contribution in [2.45, 2.75) is 19.3 Å². The molecule has 102 valence electrons. The minimum atomic E-state index is -0.194. The summed E-state index contributed by atoms with van der Waals surface area (Å²) in [5.41, 5.74) is 0.389. The molecule has 0 spiro atoms. The van der Waals surface area contributed by atoms with Crippen molar-refractivity contribution in [3.63, 3.8) is 0 Å². The van der Waals surface area contributed by atoms with E-state index in [-0.39, 0.29) is 11.8 Å². The zero-order valence-corrected chi connectivity index (χ0v) is 12.1. The van der Waals surface area contributed by atoms with Crippen LogP contribution in [-0.2, 0) is 4.79 Å². The number of hydrogen-bond donors (Lipinski definition) is 1. The van der Waals surface area contributed by atoms with E-state index in [0.717, 1.165) is 19.4 Å². The molecule has 0 saturated carbocycles. The third-order valence-corrected chi connectivity index (χ3v) is 3.68. The van der Waals surface area contributed by atoms with Gasteiger partial charge in [0.05, 0.1) is 0 Å². The van der Waals surface area contributed by atoms with Crippen LogP contribution in [0.2, 0.25) is 0 Å². The summed E-state index contributed by atoms with van der Waals surface area (Å²) < 4.78 is 0.683. The van der Waals surface area contributed by atoms with Gasteiger partial charge in [-0.3, -0.25) is 9.59 Å². The Balaban J connectivity index is 1.72. The molecule has 0 bridgehead atoms. The van der Waals surface area contributed by atoms with Crippen molar-refractivity contribution in [1.29, 1.82) is 0 Å². The van der Waals surface area contributed by atoms with Crippen LogP contribution < -0.4 is 5.32 Å². The fourth-order valence-corrected chi connectivity index (χ4v) is 2.48. The minimum absolute atomic E-state index is 0.194. The maximum atomic E-state index is 11.8. The van der Waals surface area contributed by atoms with E-state index in [1.165, 1.54) is 0 Å². The summed E-state index contributed by atoms with van der Waals surface area (Å²) in [4.78, 5) is 29.1. The lowest BCUT2D eigenvalue weighted by Crippen LogP contribution is -2.31. The van der Waals surface area contributed by atoms with Crippen LogP contribution in [0, 0.1) is 0 Å². The van der Waals surface area contributed by atoms with Crippen molar-refractivity contribution in [2.24, 2.45) is 0 Å². The molecule has 1 aromatic rings. The third-order valence-electron chi connectivity index (χ3n) is 3.04. The van der Waals surface area contributed by atoms with Gasteiger partial charge in [-0.1, -0.05) is 0 Å². The number of amides is 2.